The van der Waals surface area contributed by atoms with Crippen molar-refractivity contribution in [2.24, 2.45) is 0 Å². The minimum Gasteiger partial charge on any atom is -0.367 e. The fourth-order valence-corrected chi connectivity index (χ4v) is 4.58. The molecule has 1 amide bonds. The van der Waals surface area contributed by atoms with Crippen molar-refractivity contribution in [2.45, 2.75) is 26.7 Å². The lowest BCUT2D eigenvalue weighted by molar-refractivity contribution is -0.131. The predicted molar refractivity (Wildman–Crippen MR) is 134 cm³/mol. The summed E-state index contributed by atoms with van der Waals surface area (Å²) < 4.78 is 1.76. The van der Waals surface area contributed by atoms with Crippen LogP contribution in [0.15, 0.2) is 54.6 Å². The predicted octanol–water partition coefficient (Wildman–Crippen LogP) is 4.34. The van der Waals surface area contributed by atoms with Crippen LogP contribution in [0.25, 0.3) is 16.9 Å². The summed E-state index contributed by atoms with van der Waals surface area (Å²) in [6.45, 7) is 7.09. The molecule has 34 heavy (non-hydrogen) atoms. The molecule has 0 spiro atoms. The Labute approximate surface area is 204 Å². The molecule has 4 aromatic rings. The SMILES string of the molecule is Cc1ccc(-c2ccc3nnc(CCC(=O)N4CCN(c5ccccc5Cl)CC4)n3n2)cc1C. The maximum atomic E-state index is 12.9. The van der Waals surface area contributed by atoms with Crippen LogP contribution in [0, 0.1) is 13.8 Å². The highest BCUT2D eigenvalue weighted by atomic mass is 35.5. The number of halogens is 1. The number of hydrogen-bond donors (Lipinski definition) is 0. The second kappa shape index (κ2) is 9.43. The van der Waals surface area contributed by atoms with Gasteiger partial charge in [0.1, 0.15) is 0 Å². The van der Waals surface area contributed by atoms with Gasteiger partial charge in [-0.2, -0.15) is 9.61 Å². The highest BCUT2D eigenvalue weighted by Gasteiger charge is 2.22. The first kappa shape index (κ1) is 22.3. The highest BCUT2D eigenvalue weighted by molar-refractivity contribution is 6.33. The Balaban J connectivity index is 1.24. The number of hydrogen-bond acceptors (Lipinski definition) is 5. The number of anilines is 1. The van der Waals surface area contributed by atoms with Gasteiger partial charge in [0.2, 0.25) is 5.91 Å². The van der Waals surface area contributed by atoms with E-state index in [1.54, 1.807) is 4.52 Å². The van der Waals surface area contributed by atoms with Crippen molar-refractivity contribution in [1.82, 2.24) is 24.7 Å². The molecule has 1 fully saturated rings. The number of rotatable bonds is 5. The first-order chi connectivity index (χ1) is 16.5. The fourth-order valence-electron chi connectivity index (χ4n) is 4.33. The fraction of sp³-hybridized carbons (Fsp3) is 0.308. The van der Waals surface area contributed by atoms with Crippen LogP contribution in [0.4, 0.5) is 5.69 Å². The summed E-state index contributed by atoms with van der Waals surface area (Å²) >= 11 is 6.33. The van der Waals surface area contributed by atoms with Gasteiger partial charge in [-0.3, -0.25) is 4.79 Å². The van der Waals surface area contributed by atoms with E-state index in [1.165, 1.54) is 11.1 Å². The zero-order valence-corrected chi connectivity index (χ0v) is 20.2. The van der Waals surface area contributed by atoms with Gasteiger partial charge in [-0.25, -0.2) is 0 Å². The lowest BCUT2D eigenvalue weighted by atomic mass is 10.0. The first-order valence-electron chi connectivity index (χ1n) is 11.6. The maximum absolute atomic E-state index is 12.9. The van der Waals surface area contributed by atoms with E-state index in [4.69, 9.17) is 16.7 Å². The average Bonchev–Trinajstić information content (AvgIpc) is 3.27. The third-order valence-corrected chi connectivity index (χ3v) is 6.84. The quantitative estimate of drug-likeness (QED) is 0.430. The van der Waals surface area contributed by atoms with Crippen LogP contribution < -0.4 is 4.90 Å². The minimum atomic E-state index is 0.126. The van der Waals surface area contributed by atoms with E-state index in [1.807, 2.05) is 41.3 Å². The van der Waals surface area contributed by atoms with E-state index in [2.05, 4.69) is 47.1 Å². The lowest BCUT2D eigenvalue weighted by Gasteiger charge is -2.36. The molecule has 0 aliphatic carbocycles. The lowest BCUT2D eigenvalue weighted by Crippen LogP contribution is -2.49. The molecule has 0 atom stereocenters. The molecule has 2 aromatic carbocycles. The zero-order valence-electron chi connectivity index (χ0n) is 19.4. The van der Waals surface area contributed by atoms with Gasteiger partial charge in [-0.05, 0) is 55.3 Å². The average molecular weight is 475 g/mol. The molecule has 0 bridgehead atoms. The molecule has 0 N–H and O–H groups in total. The van der Waals surface area contributed by atoms with Gasteiger partial charge in [-0.1, -0.05) is 35.9 Å². The number of fused-ring (bicyclic) bond motifs is 1. The zero-order chi connectivity index (χ0) is 23.7. The van der Waals surface area contributed by atoms with Gasteiger partial charge in [0.05, 0.1) is 16.4 Å². The van der Waals surface area contributed by atoms with Crippen LogP contribution in [0.3, 0.4) is 0 Å². The van der Waals surface area contributed by atoms with Crippen LogP contribution in [-0.2, 0) is 11.2 Å². The molecular formula is C26H27ClN6O. The Morgan fingerprint density at radius 1 is 0.941 bits per heavy atom. The number of benzene rings is 2. The van der Waals surface area contributed by atoms with E-state index >= 15 is 0 Å². The number of amides is 1. The van der Waals surface area contributed by atoms with Crippen molar-refractivity contribution in [3.63, 3.8) is 0 Å². The van der Waals surface area contributed by atoms with Crippen molar-refractivity contribution in [3.05, 3.63) is 76.6 Å². The molecule has 0 unspecified atom stereocenters. The molecular weight excluding hydrogens is 448 g/mol. The molecule has 1 aliphatic rings. The van der Waals surface area contributed by atoms with Crippen molar-refractivity contribution in [3.8, 4) is 11.3 Å². The molecule has 5 rings (SSSR count). The van der Waals surface area contributed by atoms with E-state index in [0.29, 0.717) is 37.4 Å². The van der Waals surface area contributed by atoms with Crippen molar-refractivity contribution in [1.29, 1.82) is 0 Å². The molecule has 3 heterocycles. The molecule has 0 saturated carbocycles. The molecule has 0 radical (unpaired) electrons. The summed E-state index contributed by atoms with van der Waals surface area (Å²) in [6, 6.07) is 18.0. The van der Waals surface area contributed by atoms with Crippen LogP contribution in [0.5, 0.6) is 0 Å². The van der Waals surface area contributed by atoms with Crippen molar-refractivity contribution < 1.29 is 4.79 Å². The number of aryl methyl sites for hydroxylation is 3. The summed E-state index contributed by atoms with van der Waals surface area (Å²) in [4.78, 5) is 17.1. The summed E-state index contributed by atoms with van der Waals surface area (Å²) in [5, 5.41) is 14.0. The van der Waals surface area contributed by atoms with Gasteiger partial charge in [0.15, 0.2) is 11.5 Å². The van der Waals surface area contributed by atoms with E-state index < -0.39 is 0 Å². The number of aromatic nitrogens is 4. The number of carbonyl (C=O) groups excluding carboxylic acids is 1. The normalized spacial score (nSPS) is 14.1. The molecule has 7 nitrogen and oxygen atoms in total. The standard InChI is InChI=1S/C26H27ClN6O/c1-18-7-8-20(17-19(18)2)22-9-10-24-28-29-25(33(24)30-22)11-12-26(34)32-15-13-31(14-16-32)23-6-4-3-5-21(23)27/h3-10,17H,11-16H2,1-2H3. The molecule has 174 valence electrons. The van der Waals surface area contributed by atoms with Gasteiger partial charge < -0.3 is 9.80 Å². The summed E-state index contributed by atoms with van der Waals surface area (Å²) in [6.07, 6.45) is 0.872. The number of nitrogens with zero attached hydrogens (tertiary/aromatic N) is 6. The monoisotopic (exact) mass is 474 g/mol. The van der Waals surface area contributed by atoms with Crippen molar-refractivity contribution in [2.75, 3.05) is 31.1 Å². The van der Waals surface area contributed by atoms with E-state index in [0.717, 1.165) is 35.1 Å². The Morgan fingerprint density at radius 3 is 2.50 bits per heavy atom. The Kier molecular flexibility index (Phi) is 6.20. The molecule has 8 heteroatoms. The number of piperazine rings is 1. The first-order valence-corrected chi connectivity index (χ1v) is 11.9. The molecule has 2 aromatic heterocycles. The smallest absolute Gasteiger partial charge is 0.223 e. The Morgan fingerprint density at radius 2 is 1.74 bits per heavy atom. The summed E-state index contributed by atoms with van der Waals surface area (Å²) in [5.41, 5.74) is 6.10. The Bertz CT molecular complexity index is 1340. The van der Waals surface area contributed by atoms with Gasteiger partial charge >= 0.3 is 0 Å². The van der Waals surface area contributed by atoms with Crippen LogP contribution in [0.2, 0.25) is 5.02 Å². The molecule has 1 aliphatic heterocycles. The van der Waals surface area contributed by atoms with Gasteiger partial charge in [0.25, 0.3) is 0 Å². The van der Waals surface area contributed by atoms with Gasteiger partial charge in [0, 0.05) is 44.6 Å². The molecule has 1 saturated heterocycles. The Hall–Kier alpha value is -3.45. The summed E-state index contributed by atoms with van der Waals surface area (Å²) in [7, 11) is 0. The summed E-state index contributed by atoms with van der Waals surface area (Å²) in [5.74, 6) is 0.824. The second-order valence-electron chi connectivity index (χ2n) is 8.72. The van der Waals surface area contributed by atoms with E-state index in [9.17, 15) is 4.79 Å². The minimum absolute atomic E-state index is 0.126. The van der Waals surface area contributed by atoms with E-state index in [-0.39, 0.29) is 5.91 Å². The van der Waals surface area contributed by atoms with Gasteiger partial charge in [-0.15, -0.1) is 10.2 Å². The largest absolute Gasteiger partial charge is 0.367 e. The third kappa shape index (κ3) is 4.48. The van der Waals surface area contributed by atoms with Crippen molar-refractivity contribution >= 4 is 28.8 Å². The highest BCUT2D eigenvalue weighted by Crippen LogP contribution is 2.26. The number of carbonyl (C=O) groups is 1. The topological polar surface area (TPSA) is 66.6 Å². The third-order valence-electron chi connectivity index (χ3n) is 6.52. The van der Waals surface area contributed by atoms with Crippen LogP contribution >= 0.6 is 11.6 Å². The van der Waals surface area contributed by atoms with Crippen LogP contribution in [-0.4, -0.2) is 56.8 Å². The van der Waals surface area contributed by atoms with Crippen LogP contribution in [0.1, 0.15) is 23.4 Å². The maximum Gasteiger partial charge on any atom is 0.223 e. The number of para-hydroxylation sites is 1. The second-order valence-corrected chi connectivity index (χ2v) is 9.13.